The van der Waals surface area contributed by atoms with E-state index in [0.29, 0.717) is 30.5 Å². The Hall–Kier alpha value is -3.06. The average Bonchev–Trinajstić information content (AvgIpc) is 3.22. The highest BCUT2D eigenvalue weighted by Crippen LogP contribution is 2.19. The van der Waals surface area contributed by atoms with Crippen LogP contribution in [0.2, 0.25) is 0 Å². The maximum Gasteiger partial charge on any atom is 0.253 e. The first-order valence-electron chi connectivity index (χ1n) is 9.40. The summed E-state index contributed by atoms with van der Waals surface area (Å²) in [4.78, 5) is 23.0. The van der Waals surface area contributed by atoms with Crippen molar-refractivity contribution in [2.24, 2.45) is 0 Å². The van der Waals surface area contributed by atoms with Gasteiger partial charge in [0.25, 0.3) is 11.8 Å². The normalized spacial score (nSPS) is 15.0. The van der Waals surface area contributed by atoms with Crippen LogP contribution in [0.4, 0.5) is 0 Å². The average molecular weight is 378 g/mol. The number of carbonyl (C=O) groups excluding carboxylic acids is 1. The van der Waals surface area contributed by atoms with Crippen LogP contribution in [0, 0.1) is 6.92 Å². The second-order valence-corrected chi connectivity index (χ2v) is 6.90. The van der Waals surface area contributed by atoms with E-state index in [1.54, 1.807) is 6.20 Å². The largest absolute Gasteiger partial charge is 0.368 e. The first-order chi connectivity index (χ1) is 13.7. The van der Waals surface area contributed by atoms with E-state index in [1.807, 2.05) is 54.3 Å². The molecule has 7 nitrogen and oxygen atoms in total. The van der Waals surface area contributed by atoms with E-state index >= 15 is 0 Å². The Labute approximate surface area is 163 Å². The molecule has 1 saturated heterocycles. The van der Waals surface area contributed by atoms with E-state index in [0.717, 1.165) is 24.0 Å². The molecule has 28 heavy (non-hydrogen) atoms. The van der Waals surface area contributed by atoms with Gasteiger partial charge in [-0.2, -0.15) is 4.98 Å². The van der Waals surface area contributed by atoms with Gasteiger partial charge in [-0.25, -0.2) is 0 Å². The number of amides is 1. The molecule has 144 valence electrons. The van der Waals surface area contributed by atoms with Crippen LogP contribution in [0.3, 0.4) is 0 Å². The van der Waals surface area contributed by atoms with Gasteiger partial charge in [0.15, 0.2) is 0 Å². The van der Waals surface area contributed by atoms with E-state index < -0.39 is 0 Å². The number of carbonyl (C=O) groups is 1. The highest BCUT2D eigenvalue weighted by atomic mass is 16.5. The van der Waals surface area contributed by atoms with Crippen molar-refractivity contribution in [2.45, 2.75) is 32.5 Å². The minimum absolute atomic E-state index is 0.0762. The van der Waals surface area contributed by atoms with Crippen LogP contribution in [-0.4, -0.2) is 45.1 Å². The lowest BCUT2D eigenvalue weighted by molar-refractivity contribution is -0.00978. The molecule has 1 aromatic carbocycles. The molecule has 3 aromatic rings. The van der Waals surface area contributed by atoms with Crippen molar-refractivity contribution >= 4 is 5.91 Å². The minimum atomic E-state index is 0.0762. The highest BCUT2D eigenvalue weighted by Gasteiger charge is 2.24. The van der Waals surface area contributed by atoms with E-state index in [9.17, 15) is 4.79 Å². The summed E-state index contributed by atoms with van der Waals surface area (Å²) in [5.74, 6) is 0.965. The van der Waals surface area contributed by atoms with Crippen molar-refractivity contribution < 1.29 is 14.1 Å². The topological polar surface area (TPSA) is 81.4 Å². The number of piperidine rings is 1. The standard InChI is InChI=1S/C21H22N4O3/c1-15-5-7-16(8-6-15)21(26)25-12-9-17(10-13-25)27-14-19-23-20(24-28-19)18-4-2-3-11-22-18/h2-8,11,17H,9-10,12-14H2,1H3. The first kappa shape index (κ1) is 18.3. The Morgan fingerprint density at radius 3 is 2.68 bits per heavy atom. The number of hydrogen-bond donors (Lipinski definition) is 0. The molecule has 2 aromatic heterocycles. The Kier molecular flexibility index (Phi) is 5.43. The molecule has 0 spiro atoms. The van der Waals surface area contributed by atoms with Crippen LogP contribution in [-0.2, 0) is 11.3 Å². The molecule has 0 atom stereocenters. The van der Waals surface area contributed by atoms with Crippen LogP contribution in [0.1, 0.15) is 34.7 Å². The minimum Gasteiger partial charge on any atom is -0.368 e. The van der Waals surface area contributed by atoms with Gasteiger partial charge in [0, 0.05) is 24.8 Å². The van der Waals surface area contributed by atoms with E-state index in [2.05, 4.69) is 15.1 Å². The van der Waals surface area contributed by atoms with Crippen LogP contribution in [0.5, 0.6) is 0 Å². The van der Waals surface area contributed by atoms with Crippen molar-refractivity contribution in [3.8, 4) is 11.5 Å². The lowest BCUT2D eigenvalue weighted by atomic mass is 10.1. The molecule has 1 amide bonds. The van der Waals surface area contributed by atoms with E-state index in [1.165, 1.54) is 0 Å². The van der Waals surface area contributed by atoms with Crippen LogP contribution < -0.4 is 0 Å². The van der Waals surface area contributed by atoms with Crippen molar-refractivity contribution in [2.75, 3.05) is 13.1 Å². The van der Waals surface area contributed by atoms with Gasteiger partial charge in [-0.3, -0.25) is 9.78 Å². The third-order valence-electron chi connectivity index (χ3n) is 4.83. The highest BCUT2D eigenvalue weighted by molar-refractivity contribution is 5.94. The number of aromatic nitrogens is 3. The fourth-order valence-corrected chi connectivity index (χ4v) is 3.21. The molecule has 0 radical (unpaired) electrons. The SMILES string of the molecule is Cc1ccc(C(=O)N2CCC(OCc3nc(-c4ccccn4)no3)CC2)cc1. The molecule has 0 unspecified atom stereocenters. The summed E-state index contributed by atoms with van der Waals surface area (Å²) in [6.45, 7) is 3.64. The number of pyridine rings is 1. The first-order valence-corrected chi connectivity index (χ1v) is 9.40. The zero-order valence-corrected chi connectivity index (χ0v) is 15.7. The molecule has 0 aliphatic carbocycles. The molecule has 0 saturated carbocycles. The van der Waals surface area contributed by atoms with Crippen LogP contribution in [0.15, 0.2) is 53.2 Å². The number of aryl methyl sites for hydroxylation is 1. The van der Waals surface area contributed by atoms with E-state index in [4.69, 9.17) is 9.26 Å². The fraction of sp³-hybridized carbons (Fsp3) is 0.333. The van der Waals surface area contributed by atoms with Gasteiger partial charge >= 0.3 is 0 Å². The zero-order valence-electron chi connectivity index (χ0n) is 15.7. The maximum absolute atomic E-state index is 12.6. The number of benzene rings is 1. The van der Waals surface area contributed by atoms with Crippen molar-refractivity contribution in [3.05, 3.63) is 65.7 Å². The van der Waals surface area contributed by atoms with Gasteiger partial charge in [0.2, 0.25) is 5.82 Å². The molecule has 4 rings (SSSR count). The molecule has 1 aliphatic heterocycles. The monoisotopic (exact) mass is 378 g/mol. The van der Waals surface area contributed by atoms with Crippen molar-refractivity contribution in [1.29, 1.82) is 0 Å². The molecule has 7 heteroatoms. The zero-order chi connectivity index (χ0) is 19.3. The molecule has 0 N–H and O–H groups in total. The smallest absolute Gasteiger partial charge is 0.253 e. The molecule has 1 fully saturated rings. The Balaban J connectivity index is 1.26. The second kappa shape index (κ2) is 8.31. The number of ether oxygens (including phenoxy) is 1. The summed E-state index contributed by atoms with van der Waals surface area (Å²) in [5.41, 5.74) is 2.55. The van der Waals surface area contributed by atoms with Gasteiger partial charge in [-0.05, 0) is 44.0 Å². The van der Waals surface area contributed by atoms with Gasteiger partial charge < -0.3 is 14.2 Å². The number of rotatable bonds is 5. The third-order valence-corrected chi connectivity index (χ3v) is 4.83. The Morgan fingerprint density at radius 1 is 1.18 bits per heavy atom. The maximum atomic E-state index is 12.6. The molecular weight excluding hydrogens is 356 g/mol. The lowest BCUT2D eigenvalue weighted by Gasteiger charge is -2.31. The van der Waals surface area contributed by atoms with Gasteiger partial charge in [0.05, 0.1) is 6.10 Å². The Bertz CT molecular complexity index is 916. The molecular formula is C21H22N4O3. The summed E-state index contributed by atoms with van der Waals surface area (Å²) in [7, 11) is 0. The Morgan fingerprint density at radius 2 is 1.96 bits per heavy atom. The molecule has 0 bridgehead atoms. The van der Waals surface area contributed by atoms with Crippen LogP contribution >= 0.6 is 0 Å². The molecule has 3 heterocycles. The van der Waals surface area contributed by atoms with Gasteiger partial charge in [0.1, 0.15) is 12.3 Å². The number of nitrogens with zero attached hydrogens (tertiary/aromatic N) is 4. The summed E-state index contributed by atoms with van der Waals surface area (Å²) in [5, 5.41) is 3.94. The number of hydrogen-bond acceptors (Lipinski definition) is 6. The van der Waals surface area contributed by atoms with Crippen molar-refractivity contribution in [1.82, 2.24) is 20.0 Å². The van der Waals surface area contributed by atoms with E-state index in [-0.39, 0.29) is 18.6 Å². The summed E-state index contributed by atoms with van der Waals surface area (Å²) in [6.07, 6.45) is 3.35. The van der Waals surface area contributed by atoms with Gasteiger partial charge in [-0.15, -0.1) is 0 Å². The predicted molar refractivity (Wildman–Crippen MR) is 102 cm³/mol. The second-order valence-electron chi connectivity index (χ2n) is 6.90. The number of likely N-dealkylation sites (tertiary alicyclic amines) is 1. The van der Waals surface area contributed by atoms with Crippen LogP contribution in [0.25, 0.3) is 11.5 Å². The summed E-state index contributed by atoms with van der Waals surface area (Å²) < 4.78 is 11.2. The quantitative estimate of drug-likeness (QED) is 0.678. The van der Waals surface area contributed by atoms with Crippen molar-refractivity contribution in [3.63, 3.8) is 0 Å². The lowest BCUT2D eigenvalue weighted by Crippen LogP contribution is -2.40. The molecule has 1 aliphatic rings. The van der Waals surface area contributed by atoms with Gasteiger partial charge in [-0.1, -0.05) is 28.9 Å². The third kappa shape index (κ3) is 4.26. The predicted octanol–water partition coefficient (Wildman–Crippen LogP) is 3.26. The summed E-state index contributed by atoms with van der Waals surface area (Å²) in [6, 6.07) is 13.2. The fourth-order valence-electron chi connectivity index (χ4n) is 3.21. The summed E-state index contributed by atoms with van der Waals surface area (Å²) >= 11 is 0.